The quantitative estimate of drug-likeness (QED) is 0.705. The van der Waals surface area contributed by atoms with Gasteiger partial charge in [0.2, 0.25) is 0 Å². The summed E-state index contributed by atoms with van der Waals surface area (Å²) in [4.78, 5) is 2.62. The molecule has 2 aliphatic rings. The first-order valence-electron chi connectivity index (χ1n) is 9.73. The van der Waals surface area contributed by atoms with E-state index < -0.39 is 0 Å². The van der Waals surface area contributed by atoms with E-state index in [0.717, 1.165) is 45.3 Å². The SMILES string of the molecule is Cc1cc(N[C@H]2CC[C@H]3CCCN3C2)nnc1-c1ccc2sccc2c1O. The van der Waals surface area contributed by atoms with Gasteiger partial charge in [-0.05, 0) is 74.4 Å². The van der Waals surface area contributed by atoms with Crippen LogP contribution in [0, 0.1) is 6.92 Å². The highest BCUT2D eigenvalue weighted by Gasteiger charge is 2.31. The number of aryl methyl sites for hydroxylation is 1. The average Bonchev–Trinajstić information content (AvgIpc) is 3.32. The van der Waals surface area contributed by atoms with Crippen molar-refractivity contribution in [3.8, 4) is 17.0 Å². The second-order valence-corrected chi connectivity index (χ2v) is 8.71. The first-order valence-corrected chi connectivity index (χ1v) is 10.6. The number of phenolic OH excluding ortho intramolecular Hbond substituents is 1. The molecular weight excluding hydrogens is 356 g/mol. The summed E-state index contributed by atoms with van der Waals surface area (Å²) in [5.41, 5.74) is 2.51. The molecule has 27 heavy (non-hydrogen) atoms. The Morgan fingerprint density at radius 1 is 1.19 bits per heavy atom. The monoisotopic (exact) mass is 380 g/mol. The fraction of sp³-hybridized carbons (Fsp3) is 0.429. The molecule has 0 bridgehead atoms. The van der Waals surface area contributed by atoms with E-state index in [1.165, 1.54) is 32.2 Å². The summed E-state index contributed by atoms with van der Waals surface area (Å²) >= 11 is 1.63. The lowest BCUT2D eigenvalue weighted by Gasteiger charge is -2.35. The molecule has 0 spiro atoms. The van der Waals surface area contributed by atoms with Gasteiger partial charge in [0.15, 0.2) is 0 Å². The smallest absolute Gasteiger partial charge is 0.149 e. The minimum Gasteiger partial charge on any atom is -0.507 e. The van der Waals surface area contributed by atoms with E-state index in [1.807, 2.05) is 30.5 Å². The Morgan fingerprint density at radius 3 is 3.00 bits per heavy atom. The van der Waals surface area contributed by atoms with Gasteiger partial charge in [-0.1, -0.05) is 0 Å². The van der Waals surface area contributed by atoms with Gasteiger partial charge in [0.1, 0.15) is 11.6 Å². The number of nitrogens with one attached hydrogen (secondary N) is 1. The Kier molecular flexibility index (Phi) is 4.25. The molecule has 2 atom stereocenters. The minimum atomic E-state index is 0.291. The van der Waals surface area contributed by atoms with E-state index in [0.29, 0.717) is 11.8 Å². The van der Waals surface area contributed by atoms with Crippen LogP contribution in [-0.2, 0) is 0 Å². The van der Waals surface area contributed by atoms with Crippen LogP contribution in [0.25, 0.3) is 21.3 Å². The molecule has 5 nitrogen and oxygen atoms in total. The molecule has 4 heterocycles. The van der Waals surface area contributed by atoms with Crippen molar-refractivity contribution in [3.63, 3.8) is 0 Å². The number of fused-ring (bicyclic) bond motifs is 2. The van der Waals surface area contributed by atoms with Crippen molar-refractivity contribution in [3.05, 3.63) is 35.2 Å². The van der Waals surface area contributed by atoms with Gasteiger partial charge in [-0.3, -0.25) is 4.90 Å². The number of anilines is 1. The first-order chi connectivity index (χ1) is 13.2. The first kappa shape index (κ1) is 17.0. The van der Waals surface area contributed by atoms with Gasteiger partial charge in [-0.25, -0.2) is 0 Å². The number of hydrogen-bond donors (Lipinski definition) is 2. The maximum Gasteiger partial charge on any atom is 0.149 e. The fourth-order valence-electron chi connectivity index (χ4n) is 4.60. The minimum absolute atomic E-state index is 0.291. The molecule has 0 amide bonds. The number of piperidine rings is 1. The zero-order valence-corrected chi connectivity index (χ0v) is 16.3. The van der Waals surface area contributed by atoms with Gasteiger partial charge in [-0.2, -0.15) is 0 Å². The van der Waals surface area contributed by atoms with Gasteiger partial charge < -0.3 is 10.4 Å². The number of aromatic nitrogens is 2. The predicted octanol–water partition coefficient (Wildman–Crippen LogP) is 4.41. The molecule has 140 valence electrons. The number of thiophene rings is 1. The van der Waals surface area contributed by atoms with Crippen molar-refractivity contribution < 1.29 is 5.11 Å². The predicted molar refractivity (Wildman–Crippen MR) is 110 cm³/mol. The van der Waals surface area contributed by atoms with Gasteiger partial charge >= 0.3 is 0 Å². The van der Waals surface area contributed by atoms with Gasteiger partial charge in [0.25, 0.3) is 0 Å². The highest BCUT2D eigenvalue weighted by molar-refractivity contribution is 7.17. The van der Waals surface area contributed by atoms with Crippen molar-refractivity contribution >= 4 is 27.2 Å². The Hall–Kier alpha value is -2.18. The lowest BCUT2D eigenvalue weighted by atomic mass is 9.99. The van der Waals surface area contributed by atoms with Crippen LogP contribution < -0.4 is 5.32 Å². The Morgan fingerprint density at radius 2 is 2.11 bits per heavy atom. The summed E-state index contributed by atoms with van der Waals surface area (Å²) in [5, 5.41) is 26.0. The van der Waals surface area contributed by atoms with Crippen molar-refractivity contribution in [1.82, 2.24) is 15.1 Å². The number of aromatic hydroxyl groups is 1. The van der Waals surface area contributed by atoms with E-state index >= 15 is 0 Å². The van der Waals surface area contributed by atoms with E-state index in [9.17, 15) is 5.11 Å². The van der Waals surface area contributed by atoms with Crippen molar-refractivity contribution in [2.24, 2.45) is 0 Å². The normalized spacial score (nSPS) is 22.9. The molecule has 3 aromatic rings. The third kappa shape index (κ3) is 3.07. The second kappa shape index (κ2) is 6.77. The number of phenols is 1. The summed E-state index contributed by atoms with van der Waals surface area (Å²) in [5.74, 6) is 1.12. The Labute approximate surface area is 163 Å². The Balaban J connectivity index is 1.38. The molecule has 0 radical (unpaired) electrons. The van der Waals surface area contributed by atoms with Crippen molar-refractivity contribution in [2.75, 3.05) is 18.4 Å². The summed E-state index contributed by atoms with van der Waals surface area (Å²) in [7, 11) is 0. The lowest BCUT2D eigenvalue weighted by molar-refractivity contribution is 0.186. The molecule has 2 N–H and O–H groups in total. The molecule has 2 aliphatic heterocycles. The highest BCUT2D eigenvalue weighted by atomic mass is 32.1. The number of rotatable bonds is 3. The van der Waals surface area contributed by atoms with Crippen LogP contribution in [0.5, 0.6) is 5.75 Å². The largest absolute Gasteiger partial charge is 0.507 e. The van der Waals surface area contributed by atoms with Gasteiger partial charge in [0.05, 0.1) is 5.69 Å². The van der Waals surface area contributed by atoms with Crippen LogP contribution in [0.2, 0.25) is 0 Å². The summed E-state index contributed by atoms with van der Waals surface area (Å²) < 4.78 is 1.08. The third-order valence-corrected chi connectivity index (χ3v) is 6.88. The molecule has 0 unspecified atom stereocenters. The number of hydrogen-bond acceptors (Lipinski definition) is 6. The van der Waals surface area contributed by atoms with Gasteiger partial charge in [-0.15, -0.1) is 21.5 Å². The molecule has 1 aromatic carbocycles. The maximum absolute atomic E-state index is 10.7. The fourth-order valence-corrected chi connectivity index (χ4v) is 5.39. The zero-order chi connectivity index (χ0) is 18.4. The molecule has 6 heteroatoms. The van der Waals surface area contributed by atoms with E-state index in [-0.39, 0.29) is 0 Å². The van der Waals surface area contributed by atoms with Crippen molar-refractivity contribution in [2.45, 2.75) is 44.7 Å². The number of benzene rings is 1. The molecule has 2 fully saturated rings. The maximum atomic E-state index is 10.7. The van der Waals surface area contributed by atoms with Crippen LogP contribution in [-0.4, -0.2) is 45.4 Å². The average molecular weight is 381 g/mol. The lowest BCUT2D eigenvalue weighted by Crippen LogP contribution is -2.44. The van der Waals surface area contributed by atoms with Gasteiger partial charge in [0, 0.05) is 34.3 Å². The third-order valence-electron chi connectivity index (χ3n) is 6.00. The molecule has 0 saturated carbocycles. The summed E-state index contributed by atoms with van der Waals surface area (Å²) in [6.45, 7) is 4.36. The molecule has 2 aromatic heterocycles. The van der Waals surface area contributed by atoms with Crippen LogP contribution in [0.1, 0.15) is 31.2 Å². The van der Waals surface area contributed by atoms with Crippen LogP contribution in [0.15, 0.2) is 29.6 Å². The zero-order valence-electron chi connectivity index (χ0n) is 15.5. The van der Waals surface area contributed by atoms with Crippen LogP contribution in [0.4, 0.5) is 5.82 Å². The van der Waals surface area contributed by atoms with E-state index in [2.05, 4.69) is 26.5 Å². The molecular formula is C21H24N4OS. The summed E-state index contributed by atoms with van der Waals surface area (Å²) in [6, 6.07) is 9.22. The van der Waals surface area contributed by atoms with Crippen LogP contribution >= 0.6 is 11.3 Å². The second-order valence-electron chi connectivity index (χ2n) is 7.76. The standard InChI is InChI=1S/C21H24N4OS/c1-13-11-19(22-14-4-5-15-3-2-9-25(15)12-14)23-24-20(13)17-6-7-18-16(21(17)26)8-10-27-18/h6-8,10-11,14-15,26H,2-5,9,12H2,1H3,(H,22,23)/t14-,15+/m0/s1. The highest BCUT2D eigenvalue weighted by Crippen LogP contribution is 2.38. The number of nitrogens with zero attached hydrogens (tertiary/aromatic N) is 3. The summed E-state index contributed by atoms with van der Waals surface area (Å²) in [6.07, 6.45) is 5.16. The van der Waals surface area contributed by atoms with Crippen LogP contribution in [0.3, 0.4) is 0 Å². The molecule has 0 aliphatic carbocycles. The molecule has 5 rings (SSSR count). The van der Waals surface area contributed by atoms with E-state index in [4.69, 9.17) is 0 Å². The molecule has 2 saturated heterocycles. The topological polar surface area (TPSA) is 61.3 Å². The Bertz CT molecular complexity index is 985. The van der Waals surface area contributed by atoms with Crippen molar-refractivity contribution in [1.29, 1.82) is 0 Å². The van der Waals surface area contributed by atoms with E-state index in [1.54, 1.807) is 11.3 Å².